The van der Waals surface area contributed by atoms with Crippen molar-refractivity contribution in [1.29, 1.82) is 0 Å². The molecule has 112 valence electrons. The van der Waals surface area contributed by atoms with Gasteiger partial charge in [-0.3, -0.25) is 25.5 Å². The topological polar surface area (TPSA) is 116 Å². The van der Waals surface area contributed by atoms with Crippen LogP contribution in [-0.4, -0.2) is 41.4 Å². The lowest BCUT2D eigenvalue weighted by Gasteiger charge is -2.28. The molecule has 5 unspecified atom stereocenters. The van der Waals surface area contributed by atoms with Crippen molar-refractivity contribution < 1.29 is 14.7 Å². The number of Topliss-reactive ketones (excluding diaryl/α,β-unsaturated/α-hetero) is 1. The number of hydrogen-bond donors (Lipinski definition) is 5. The van der Waals surface area contributed by atoms with Crippen molar-refractivity contribution >= 4 is 11.8 Å². The Morgan fingerprint density at radius 3 is 1.84 bits per heavy atom. The molecule has 0 saturated heterocycles. The third-order valence-electron chi connectivity index (χ3n) is 2.73. The highest BCUT2D eigenvalue weighted by Gasteiger charge is 2.29. The molecule has 0 rings (SSSR count). The molecule has 5 atom stereocenters. The predicted octanol–water partition coefficient (Wildman–Crippen LogP) is -0.570. The number of aliphatic carboxylic acids is 1. The average molecular weight is 274 g/mol. The Kier molecular flexibility index (Phi) is 7.77. The molecule has 0 fully saturated rings. The van der Waals surface area contributed by atoms with Gasteiger partial charge in [-0.15, -0.1) is 0 Å². The smallest absolute Gasteiger partial charge is 0.315 e. The van der Waals surface area contributed by atoms with E-state index in [1.54, 1.807) is 6.92 Å². The SMILES string of the molecule is CC(=O)C(C(=O)O)C(C)NC(C)NC(C)NC(C)N. The molecular formula is C12H26N4O3. The molecule has 0 aromatic carbocycles. The molecule has 0 spiro atoms. The fourth-order valence-corrected chi connectivity index (χ4v) is 2.10. The molecule has 0 aromatic rings. The van der Waals surface area contributed by atoms with Gasteiger partial charge < -0.3 is 10.8 Å². The highest BCUT2D eigenvalue weighted by atomic mass is 16.4. The highest BCUT2D eigenvalue weighted by molar-refractivity contribution is 5.97. The number of rotatable bonds is 9. The van der Waals surface area contributed by atoms with Crippen LogP contribution in [-0.2, 0) is 9.59 Å². The van der Waals surface area contributed by atoms with Gasteiger partial charge in [0.2, 0.25) is 0 Å². The van der Waals surface area contributed by atoms with Crippen LogP contribution in [0.15, 0.2) is 0 Å². The molecular weight excluding hydrogens is 248 g/mol. The summed E-state index contributed by atoms with van der Waals surface area (Å²) >= 11 is 0. The maximum atomic E-state index is 11.3. The molecule has 7 nitrogen and oxygen atoms in total. The van der Waals surface area contributed by atoms with Gasteiger partial charge in [-0.05, 0) is 34.6 Å². The van der Waals surface area contributed by atoms with Gasteiger partial charge in [-0.25, -0.2) is 0 Å². The van der Waals surface area contributed by atoms with Crippen LogP contribution < -0.4 is 21.7 Å². The summed E-state index contributed by atoms with van der Waals surface area (Å²) in [6, 6.07) is -0.458. The molecule has 0 heterocycles. The van der Waals surface area contributed by atoms with E-state index < -0.39 is 17.9 Å². The number of carboxylic acid groups (broad SMARTS) is 1. The van der Waals surface area contributed by atoms with Gasteiger partial charge in [0, 0.05) is 6.04 Å². The number of carboxylic acids is 1. The van der Waals surface area contributed by atoms with E-state index in [2.05, 4.69) is 16.0 Å². The Labute approximate surface area is 114 Å². The van der Waals surface area contributed by atoms with Crippen molar-refractivity contribution in [3.63, 3.8) is 0 Å². The van der Waals surface area contributed by atoms with Gasteiger partial charge in [-0.1, -0.05) is 0 Å². The summed E-state index contributed by atoms with van der Waals surface area (Å²) in [6.07, 6.45) is -0.330. The normalized spacial score (nSPS) is 19.3. The monoisotopic (exact) mass is 274 g/mol. The fourth-order valence-electron chi connectivity index (χ4n) is 2.10. The van der Waals surface area contributed by atoms with Crippen molar-refractivity contribution in [1.82, 2.24) is 16.0 Å². The Morgan fingerprint density at radius 2 is 1.47 bits per heavy atom. The minimum Gasteiger partial charge on any atom is -0.481 e. The summed E-state index contributed by atoms with van der Waals surface area (Å²) in [4.78, 5) is 22.3. The van der Waals surface area contributed by atoms with E-state index >= 15 is 0 Å². The molecule has 0 aromatic heterocycles. The lowest BCUT2D eigenvalue weighted by atomic mass is 9.97. The summed E-state index contributed by atoms with van der Waals surface area (Å²) in [5.41, 5.74) is 5.60. The summed E-state index contributed by atoms with van der Waals surface area (Å²) in [5, 5.41) is 18.3. The fraction of sp³-hybridized carbons (Fsp3) is 0.833. The van der Waals surface area contributed by atoms with Crippen LogP contribution >= 0.6 is 0 Å². The first kappa shape index (κ1) is 18.0. The van der Waals surface area contributed by atoms with Gasteiger partial charge in [0.25, 0.3) is 0 Å². The maximum absolute atomic E-state index is 11.3. The number of carbonyl (C=O) groups is 2. The highest BCUT2D eigenvalue weighted by Crippen LogP contribution is 2.06. The third kappa shape index (κ3) is 7.22. The molecule has 0 amide bonds. The predicted molar refractivity (Wildman–Crippen MR) is 73.2 cm³/mol. The van der Waals surface area contributed by atoms with Gasteiger partial charge in [0.15, 0.2) is 0 Å². The number of hydrogen-bond acceptors (Lipinski definition) is 6. The molecule has 0 aliphatic carbocycles. The van der Waals surface area contributed by atoms with Crippen LogP contribution in [0.4, 0.5) is 0 Å². The van der Waals surface area contributed by atoms with Crippen molar-refractivity contribution in [2.75, 3.05) is 0 Å². The number of carbonyl (C=O) groups excluding carboxylic acids is 1. The number of nitrogens with one attached hydrogen (secondary N) is 3. The molecule has 6 N–H and O–H groups in total. The van der Waals surface area contributed by atoms with Crippen LogP contribution in [0.3, 0.4) is 0 Å². The molecule has 0 radical (unpaired) electrons. The van der Waals surface area contributed by atoms with E-state index in [9.17, 15) is 9.59 Å². The van der Waals surface area contributed by atoms with E-state index in [0.29, 0.717) is 0 Å². The lowest BCUT2D eigenvalue weighted by molar-refractivity contribution is -0.146. The minimum absolute atomic E-state index is 0.0321. The van der Waals surface area contributed by atoms with Crippen molar-refractivity contribution in [2.24, 2.45) is 11.7 Å². The zero-order valence-corrected chi connectivity index (χ0v) is 12.2. The minimum atomic E-state index is -1.11. The molecule has 0 bridgehead atoms. The summed E-state index contributed by atoms with van der Waals surface area (Å²) in [6.45, 7) is 8.56. The van der Waals surface area contributed by atoms with E-state index in [-0.39, 0.29) is 24.3 Å². The first-order valence-corrected chi connectivity index (χ1v) is 6.42. The first-order valence-electron chi connectivity index (χ1n) is 6.42. The van der Waals surface area contributed by atoms with Crippen LogP contribution in [0.1, 0.15) is 34.6 Å². The van der Waals surface area contributed by atoms with Crippen LogP contribution in [0, 0.1) is 5.92 Å². The summed E-state index contributed by atoms with van der Waals surface area (Å²) in [5.74, 6) is -2.51. The van der Waals surface area contributed by atoms with Crippen molar-refractivity contribution in [2.45, 2.75) is 59.2 Å². The van der Waals surface area contributed by atoms with Gasteiger partial charge in [0.05, 0.1) is 18.5 Å². The molecule has 0 aliphatic heterocycles. The first-order chi connectivity index (χ1) is 8.65. The van der Waals surface area contributed by atoms with Gasteiger partial charge >= 0.3 is 5.97 Å². The Bertz CT molecular complexity index is 295. The van der Waals surface area contributed by atoms with Crippen LogP contribution in [0.2, 0.25) is 0 Å². The molecule has 0 saturated carbocycles. The lowest BCUT2D eigenvalue weighted by Crippen LogP contribution is -2.57. The Balaban J connectivity index is 4.34. The number of nitrogens with two attached hydrogens (primary N) is 1. The van der Waals surface area contributed by atoms with E-state index in [4.69, 9.17) is 10.8 Å². The second-order valence-corrected chi connectivity index (χ2v) is 4.95. The summed E-state index contributed by atoms with van der Waals surface area (Å²) < 4.78 is 0. The second-order valence-electron chi connectivity index (χ2n) is 4.95. The van der Waals surface area contributed by atoms with Gasteiger partial charge in [0.1, 0.15) is 11.7 Å². The Hall–Kier alpha value is -1.02. The van der Waals surface area contributed by atoms with Crippen LogP contribution in [0.5, 0.6) is 0 Å². The molecule has 19 heavy (non-hydrogen) atoms. The Morgan fingerprint density at radius 1 is 1.00 bits per heavy atom. The van der Waals surface area contributed by atoms with Crippen molar-refractivity contribution in [3.8, 4) is 0 Å². The number of ketones is 1. The largest absolute Gasteiger partial charge is 0.481 e. The second kappa shape index (κ2) is 8.21. The van der Waals surface area contributed by atoms with E-state index in [1.165, 1.54) is 6.92 Å². The molecule has 7 heteroatoms. The zero-order chi connectivity index (χ0) is 15.2. The zero-order valence-electron chi connectivity index (χ0n) is 12.2. The quantitative estimate of drug-likeness (QED) is 0.282. The summed E-state index contributed by atoms with van der Waals surface area (Å²) in [7, 11) is 0. The maximum Gasteiger partial charge on any atom is 0.315 e. The average Bonchev–Trinajstić information content (AvgIpc) is 2.12. The van der Waals surface area contributed by atoms with Crippen LogP contribution in [0.25, 0.3) is 0 Å². The van der Waals surface area contributed by atoms with E-state index in [0.717, 1.165) is 0 Å². The van der Waals surface area contributed by atoms with E-state index in [1.807, 2.05) is 20.8 Å². The van der Waals surface area contributed by atoms with Gasteiger partial charge in [-0.2, -0.15) is 0 Å². The van der Waals surface area contributed by atoms with Crippen molar-refractivity contribution in [3.05, 3.63) is 0 Å². The molecule has 0 aliphatic rings. The third-order valence-corrected chi connectivity index (χ3v) is 2.73. The standard InChI is InChI=1S/C12H26N4O3/c1-6(11(7(2)17)12(18)19)14-9(4)16-10(5)15-8(3)13/h6,8-11,14-16H,13H2,1-5H3,(H,18,19).